The Hall–Kier alpha value is -1.20. The molecule has 1 unspecified atom stereocenters. The molecule has 0 radical (unpaired) electrons. The molecule has 1 saturated heterocycles. The van der Waals surface area contributed by atoms with E-state index in [1.165, 1.54) is 11.3 Å². The Bertz CT molecular complexity index is 493. The maximum atomic E-state index is 12.3. The van der Waals surface area contributed by atoms with Crippen molar-refractivity contribution in [3.63, 3.8) is 0 Å². The van der Waals surface area contributed by atoms with E-state index < -0.39 is 0 Å². The quantitative estimate of drug-likeness (QED) is 0.834. The van der Waals surface area contributed by atoms with E-state index >= 15 is 0 Å². The molecule has 3 nitrogen and oxygen atoms in total. The first kappa shape index (κ1) is 10.9. The number of amides is 1. The lowest BCUT2D eigenvalue weighted by Crippen LogP contribution is -2.29. The first-order valence-corrected chi connectivity index (χ1v) is 7.36. The summed E-state index contributed by atoms with van der Waals surface area (Å²) in [6, 6.07) is 4.00. The highest BCUT2D eigenvalue weighted by atomic mass is 32.1. The van der Waals surface area contributed by atoms with Gasteiger partial charge >= 0.3 is 0 Å². The predicted octanol–water partition coefficient (Wildman–Crippen LogP) is 3.18. The molecule has 88 valence electrons. The molecule has 1 atom stereocenters. The Morgan fingerprint density at radius 3 is 3.06 bits per heavy atom. The molecule has 0 spiro atoms. The van der Waals surface area contributed by atoms with E-state index in [0.717, 1.165) is 29.3 Å². The number of thiazole rings is 1. The van der Waals surface area contributed by atoms with Crippen molar-refractivity contribution in [2.24, 2.45) is 0 Å². The second-order valence-corrected chi connectivity index (χ2v) is 5.88. The van der Waals surface area contributed by atoms with Gasteiger partial charge in [0.15, 0.2) is 0 Å². The van der Waals surface area contributed by atoms with Crippen LogP contribution in [0.2, 0.25) is 0 Å². The van der Waals surface area contributed by atoms with Gasteiger partial charge in [0.25, 0.3) is 5.91 Å². The average molecular weight is 264 g/mol. The summed E-state index contributed by atoms with van der Waals surface area (Å²) in [7, 11) is 0. The molecule has 0 bridgehead atoms. The van der Waals surface area contributed by atoms with Gasteiger partial charge in [-0.3, -0.25) is 4.79 Å². The highest BCUT2D eigenvalue weighted by molar-refractivity contribution is 7.12. The van der Waals surface area contributed by atoms with Gasteiger partial charge < -0.3 is 4.90 Å². The summed E-state index contributed by atoms with van der Waals surface area (Å²) in [6.45, 7) is 0.848. The third kappa shape index (κ3) is 2.00. The number of thiophene rings is 1. The van der Waals surface area contributed by atoms with Crippen molar-refractivity contribution in [1.29, 1.82) is 0 Å². The minimum Gasteiger partial charge on any atom is -0.328 e. The fourth-order valence-electron chi connectivity index (χ4n) is 2.21. The van der Waals surface area contributed by atoms with Crippen LogP contribution in [0.25, 0.3) is 0 Å². The second kappa shape index (κ2) is 4.58. The third-order valence-electron chi connectivity index (χ3n) is 2.98. The fraction of sp³-hybridized carbons (Fsp3) is 0.333. The zero-order chi connectivity index (χ0) is 11.7. The topological polar surface area (TPSA) is 33.2 Å². The van der Waals surface area contributed by atoms with Crippen molar-refractivity contribution in [2.45, 2.75) is 18.9 Å². The van der Waals surface area contributed by atoms with E-state index in [0.29, 0.717) is 0 Å². The molecule has 1 aliphatic rings. The van der Waals surface area contributed by atoms with Crippen molar-refractivity contribution in [3.8, 4) is 0 Å². The number of aromatic nitrogens is 1. The van der Waals surface area contributed by atoms with Crippen LogP contribution < -0.4 is 0 Å². The van der Waals surface area contributed by atoms with E-state index in [2.05, 4.69) is 4.98 Å². The Labute approximate surface area is 108 Å². The standard InChI is InChI=1S/C12H12N2OS2/c15-12(10-4-2-7-16-10)14-6-1-3-9(14)11-13-5-8-17-11/h2,4-5,7-9H,1,3,6H2. The summed E-state index contributed by atoms with van der Waals surface area (Å²) in [6.07, 6.45) is 3.91. The molecule has 1 amide bonds. The van der Waals surface area contributed by atoms with Crippen LogP contribution in [0.3, 0.4) is 0 Å². The van der Waals surface area contributed by atoms with Crippen LogP contribution in [0.1, 0.15) is 33.6 Å². The van der Waals surface area contributed by atoms with Crippen molar-refractivity contribution < 1.29 is 4.79 Å². The van der Waals surface area contributed by atoms with Crippen LogP contribution in [0.4, 0.5) is 0 Å². The number of rotatable bonds is 2. The molecule has 0 saturated carbocycles. The molecule has 0 N–H and O–H groups in total. The third-order valence-corrected chi connectivity index (χ3v) is 4.72. The van der Waals surface area contributed by atoms with Gasteiger partial charge in [0, 0.05) is 18.1 Å². The zero-order valence-electron chi connectivity index (χ0n) is 9.20. The minimum atomic E-state index is 0.151. The van der Waals surface area contributed by atoms with E-state index in [-0.39, 0.29) is 11.9 Å². The average Bonchev–Trinajstić information content (AvgIpc) is 3.09. The first-order chi connectivity index (χ1) is 8.36. The normalized spacial score (nSPS) is 19.8. The van der Waals surface area contributed by atoms with Gasteiger partial charge in [0.1, 0.15) is 5.01 Å². The summed E-state index contributed by atoms with van der Waals surface area (Å²) in [5.41, 5.74) is 0. The lowest BCUT2D eigenvalue weighted by molar-refractivity contribution is 0.0740. The lowest BCUT2D eigenvalue weighted by Gasteiger charge is -2.22. The van der Waals surface area contributed by atoms with Crippen LogP contribution in [-0.2, 0) is 0 Å². The van der Waals surface area contributed by atoms with Crippen molar-refractivity contribution in [1.82, 2.24) is 9.88 Å². The molecule has 1 aliphatic heterocycles. The van der Waals surface area contributed by atoms with Gasteiger partial charge in [-0.05, 0) is 24.3 Å². The van der Waals surface area contributed by atoms with Crippen LogP contribution in [0.5, 0.6) is 0 Å². The Morgan fingerprint density at radius 1 is 1.41 bits per heavy atom. The van der Waals surface area contributed by atoms with Crippen molar-refractivity contribution in [3.05, 3.63) is 39.0 Å². The molecular weight excluding hydrogens is 252 g/mol. The number of nitrogens with zero attached hydrogens (tertiary/aromatic N) is 2. The number of hydrogen-bond donors (Lipinski definition) is 0. The minimum absolute atomic E-state index is 0.151. The zero-order valence-corrected chi connectivity index (χ0v) is 10.8. The first-order valence-electron chi connectivity index (χ1n) is 5.60. The monoisotopic (exact) mass is 264 g/mol. The number of carbonyl (C=O) groups is 1. The van der Waals surface area contributed by atoms with Gasteiger partial charge in [0.2, 0.25) is 0 Å². The summed E-state index contributed by atoms with van der Waals surface area (Å²) in [4.78, 5) is 19.5. The Morgan fingerprint density at radius 2 is 2.35 bits per heavy atom. The smallest absolute Gasteiger partial charge is 0.264 e. The maximum absolute atomic E-state index is 12.3. The van der Waals surface area contributed by atoms with Crippen molar-refractivity contribution >= 4 is 28.6 Å². The fourth-order valence-corrected chi connectivity index (χ4v) is 3.67. The number of likely N-dealkylation sites (tertiary alicyclic amines) is 1. The molecule has 1 fully saturated rings. The summed E-state index contributed by atoms with van der Waals surface area (Å²) in [5.74, 6) is 0.151. The van der Waals surface area contributed by atoms with Crippen molar-refractivity contribution in [2.75, 3.05) is 6.54 Å². The number of hydrogen-bond acceptors (Lipinski definition) is 4. The lowest BCUT2D eigenvalue weighted by atomic mass is 10.2. The van der Waals surface area contributed by atoms with Crippen LogP contribution in [-0.4, -0.2) is 22.3 Å². The van der Waals surface area contributed by atoms with Gasteiger partial charge in [-0.25, -0.2) is 4.98 Å². The van der Waals surface area contributed by atoms with Gasteiger partial charge in [-0.2, -0.15) is 0 Å². The highest BCUT2D eigenvalue weighted by Gasteiger charge is 2.32. The highest BCUT2D eigenvalue weighted by Crippen LogP contribution is 2.34. The van der Waals surface area contributed by atoms with E-state index in [1.54, 1.807) is 11.3 Å². The molecule has 3 heterocycles. The molecule has 2 aromatic rings. The van der Waals surface area contributed by atoms with Crippen LogP contribution in [0.15, 0.2) is 29.1 Å². The largest absolute Gasteiger partial charge is 0.328 e. The van der Waals surface area contributed by atoms with E-state index in [1.807, 2.05) is 34.0 Å². The summed E-state index contributed by atoms with van der Waals surface area (Å²) in [5, 5.41) is 4.98. The molecule has 0 aromatic carbocycles. The molecule has 17 heavy (non-hydrogen) atoms. The van der Waals surface area contributed by atoms with Crippen LogP contribution in [0, 0.1) is 0 Å². The van der Waals surface area contributed by atoms with Gasteiger partial charge in [0.05, 0.1) is 10.9 Å². The molecule has 3 rings (SSSR count). The van der Waals surface area contributed by atoms with Gasteiger partial charge in [-0.15, -0.1) is 22.7 Å². The van der Waals surface area contributed by atoms with E-state index in [9.17, 15) is 4.79 Å². The SMILES string of the molecule is O=C(c1cccs1)N1CCCC1c1nccs1. The summed E-state index contributed by atoms with van der Waals surface area (Å²) < 4.78 is 0. The molecule has 2 aromatic heterocycles. The molecule has 0 aliphatic carbocycles. The Kier molecular flexibility index (Phi) is 2.94. The number of carbonyl (C=O) groups excluding carboxylic acids is 1. The molecular formula is C12H12N2OS2. The van der Waals surface area contributed by atoms with Crippen LogP contribution >= 0.6 is 22.7 Å². The predicted molar refractivity (Wildman–Crippen MR) is 69.4 cm³/mol. The molecule has 5 heteroatoms. The van der Waals surface area contributed by atoms with E-state index in [4.69, 9.17) is 0 Å². The second-order valence-electron chi connectivity index (χ2n) is 4.00. The maximum Gasteiger partial charge on any atom is 0.264 e. The Balaban J connectivity index is 1.85. The van der Waals surface area contributed by atoms with Gasteiger partial charge in [-0.1, -0.05) is 6.07 Å². The summed E-state index contributed by atoms with van der Waals surface area (Å²) >= 11 is 3.15.